The first-order valence-corrected chi connectivity index (χ1v) is 20.7. The molecular weight excluding hydrogens is 662 g/mol. The molecule has 1 saturated heterocycles. The number of unbranched alkanes of at least 4 members (excludes halogenated alkanes) is 16. The zero-order chi connectivity index (χ0) is 38.0. The third-order valence-corrected chi connectivity index (χ3v) is 10.6. The molecule has 52 heavy (non-hydrogen) atoms. The maximum Gasteiger partial charge on any atom is 0.220 e. The normalized spacial score (nSPS) is 22.2. The van der Waals surface area contributed by atoms with E-state index in [0.717, 1.165) is 50.7 Å². The summed E-state index contributed by atoms with van der Waals surface area (Å²) in [4.78, 5) is 13.0. The molecule has 4 unspecified atom stereocenters. The zero-order valence-electron chi connectivity index (χ0n) is 32.8. The number of aliphatic hydroxyl groups excluding tert-OH is 5. The fourth-order valence-corrected chi connectivity index (χ4v) is 7.07. The molecule has 0 saturated carbocycles. The molecule has 0 radical (unpaired) electrons. The monoisotopic (exact) mass is 738 g/mol. The first-order valence-electron chi connectivity index (χ1n) is 20.7. The smallest absolute Gasteiger partial charge is 0.220 e. The second-order valence-corrected chi connectivity index (χ2v) is 15.3. The van der Waals surface area contributed by atoms with Crippen molar-refractivity contribution in [2.24, 2.45) is 5.92 Å². The third kappa shape index (κ3) is 19.5. The number of methoxy groups -OCH3 is 1. The van der Waals surface area contributed by atoms with Crippen LogP contribution in [0.1, 0.15) is 154 Å². The Kier molecular flexibility index (Phi) is 25.5. The van der Waals surface area contributed by atoms with Crippen molar-refractivity contribution < 1.29 is 44.5 Å². The van der Waals surface area contributed by atoms with E-state index in [2.05, 4.69) is 31.3 Å². The van der Waals surface area contributed by atoms with E-state index in [0.29, 0.717) is 12.8 Å². The van der Waals surface area contributed by atoms with Gasteiger partial charge in [-0.25, -0.2) is 0 Å². The second kappa shape index (κ2) is 28.6. The molecule has 10 nitrogen and oxygen atoms in total. The standard InChI is InChI=1S/C42H75NO9/c1-4-5-6-7-8-9-10-13-16-19-22-32(2)29-36(45)35(31-51-42-41(49)40(48)39(47)37(30-44)52-42)43-38(46)24-21-18-15-12-11-14-17-20-23-33-25-27-34(50-3)28-26-33/h25-28,32,35-37,39-42,44-45,47-49H,4-24,29-31H2,1-3H3,(H,43,46)/t32?,35-,36+,37?,39-,40?,41?,42-/m0/s1. The molecule has 1 heterocycles. The average molecular weight is 738 g/mol. The number of hydrogen-bond acceptors (Lipinski definition) is 9. The Morgan fingerprint density at radius 1 is 0.788 bits per heavy atom. The first-order chi connectivity index (χ1) is 25.2. The van der Waals surface area contributed by atoms with Gasteiger partial charge in [0.2, 0.25) is 5.91 Å². The number of nitrogens with one attached hydrogen (secondary N) is 1. The Hall–Kier alpha value is -1.79. The molecule has 1 amide bonds. The molecule has 0 bridgehead atoms. The molecule has 1 fully saturated rings. The van der Waals surface area contributed by atoms with E-state index in [1.165, 1.54) is 89.0 Å². The molecule has 1 aliphatic rings. The van der Waals surface area contributed by atoms with E-state index in [-0.39, 0.29) is 18.4 Å². The largest absolute Gasteiger partial charge is 0.497 e. The van der Waals surface area contributed by atoms with Gasteiger partial charge >= 0.3 is 0 Å². The van der Waals surface area contributed by atoms with Gasteiger partial charge in [-0.1, -0.05) is 135 Å². The summed E-state index contributed by atoms with van der Waals surface area (Å²) >= 11 is 0. The van der Waals surface area contributed by atoms with E-state index in [4.69, 9.17) is 14.2 Å². The second-order valence-electron chi connectivity index (χ2n) is 15.3. The molecule has 0 spiro atoms. The fourth-order valence-electron chi connectivity index (χ4n) is 7.07. The van der Waals surface area contributed by atoms with Gasteiger partial charge in [0.15, 0.2) is 6.29 Å². The van der Waals surface area contributed by atoms with E-state index < -0.39 is 49.5 Å². The number of benzene rings is 1. The lowest BCUT2D eigenvalue weighted by molar-refractivity contribution is -0.302. The van der Waals surface area contributed by atoms with Crippen molar-refractivity contribution >= 4 is 5.91 Å². The number of aliphatic hydroxyl groups is 5. The molecule has 8 atom stereocenters. The minimum Gasteiger partial charge on any atom is -0.497 e. The van der Waals surface area contributed by atoms with E-state index in [1.807, 2.05) is 12.1 Å². The van der Waals surface area contributed by atoms with Gasteiger partial charge in [0.25, 0.3) is 0 Å². The van der Waals surface area contributed by atoms with Crippen LogP contribution in [0.4, 0.5) is 0 Å². The number of carbonyl (C=O) groups is 1. The van der Waals surface area contributed by atoms with Crippen LogP contribution in [0.2, 0.25) is 0 Å². The number of carbonyl (C=O) groups excluding carboxylic acids is 1. The molecule has 0 aliphatic carbocycles. The van der Waals surface area contributed by atoms with Crippen LogP contribution in [0, 0.1) is 5.92 Å². The number of rotatable bonds is 31. The molecule has 0 aromatic heterocycles. The maximum atomic E-state index is 13.0. The van der Waals surface area contributed by atoms with Crippen molar-refractivity contribution in [2.75, 3.05) is 20.3 Å². The summed E-state index contributed by atoms with van der Waals surface area (Å²) in [6, 6.07) is 7.54. The molecule has 6 N–H and O–H groups in total. The lowest BCUT2D eigenvalue weighted by Gasteiger charge is -2.40. The maximum absolute atomic E-state index is 13.0. The Morgan fingerprint density at radius 2 is 1.35 bits per heavy atom. The summed E-state index contributed by atoms with van der Waals surface area (Å²) in [6.07, 6.45) is 16.5. The van der Waals surface area contributed by atoms with Gasteiger partial charge in [0.05, 0.1) is 32.5 Å². The van der Waals surface area contributed by atoms with Crippen molar-refractivity contribution in [3.63, 3.8) is 0 Å². The average Bonchev–Trinajstić information content (AvgIpc) is 3.14. The minimum atomic E-state index is -1.56. The molecule has 1 aliphatic heterocycles. The molecule has 302 valence electrons. The van der Waals surface area contributed by atoms with Crippen LogP contribution in [0.5, 0.6) is 5.75 Å². The molecule has 2 rings (SSSR count). The van der Waals surface area contributed by atoms with Crippen LogP contribution in [-0.4, -0.2) is 94.6 Å². The van der Waals surface area contributed by atoms with E-state index >= 15 is 0 Å². The summed E-state index contributed by atoms with van der Waals surface area (Å²) in [6.45, 7) is 3.65. The minimum absolute atomic E-state index is 0.154. The van der Waals surface area contributed by atoms with Crippen molar-refractivity contribution in [3.8, 4) is 5.75 Å². The topological polar surface area (TPSA) is 158 Å². The highest BCUT2D eigenvalue weighted by Gasteiger charge is 2.44. The summed E-state index contributed by atoms with van der Waals surface area (Å²) in [7, 11) is 1.68. The van der Waals surface area contributed by atoms with Crippen LogP contribution in [0.15, 0.2) is 24.3 Å². The molecule has 1 aromatic carbocycles. The van der Waals surface area contributed by atoms with Crippen molar-refractivity contribution in [1.29, 1.82) is 0 Å². The SMILES string of the molecule is CCCCCCCCCCCCC(C)C[C@@H](O)[C@H](CO[C@H]1OC(CO)[C@H](O)C(O)C1O)NC(=O)CCCCCCCCCCc1ccc(OC)cc1. The van der Waals surface area contributed by atoms with Crippen LogP contribution < -0.4 is 10.1 Å². The van der Waals surface area contributed by atoms with Gasteiger partial charge in [-0.15, -0.1) is 0 Å². The molecular formula is C42H75NO9. The van der Waals surface area contributed by atoms with Gasteiger partial charge in [0, 0.05) is 6.42 Å². The van der Waals surface area contributed by atoms with E-state index in [9.17, 15) is 30.3 Å². The third-order valence-electron chi connectivity index (χ3n) is 10.6. The molecule has 1 aromatic rings. The summed E-state index contributed by atoms with van der Waals surface area (Å²) in [5, 5.41) is 54.5. The number of ether oxygens (including phenoxy) is 3. The Balaban J connectivity index is 1.72. The lowest BCUT2D eigenvalue weighted by atomic mass is 9.93. The number of amides is 1. The first kappa shape index (κ1) is 46.4. The van der Waals surface area contributed by atoms with Gasteiger partial charge in [-0.05, 0) is 49.3 Å². The number of aryl methyl sites for hydroxylation is 1. The van der Waals surface area contributed by atoms with Crippen LogP contribution >= 0.6 is 0 Å². The van der Waals surface area contributed by atoms with Crippen LogP contribution in [0.25, 0.3) is 0 Å². The van der Waals surface area contributed by atoms with Crippen molar-refractivity contribution in [1.82, 2.24) is 5.32 Å². The van der Waals surface area contributed by atoms with Crippen LogP contribution in [0.3, 0.4) is 0 Å². The van der Waals surface area contributed by atoms with Gasteiger partial charge < -0.3 is 45.1 Å². The zero-order valence-corrected chi connectivity index (χ0v) is 32.8. The van der Waals surface area contributed by atoms with Gasteiger partial charge in [0.1, 0.15) is 30.2 Å². The lowest BCUT2D eigenvalue weighted by Crippen LogP contribution is -2.60. The summed E-state index contributed by atoms with van der Waals surface area (Å²) < 4.78 is 16.5. The quantitative estimate of drug-likeness (QED) is 0.0454. The summed E-state index contributed by atoms with van der Waals surface area (Å²) in [5.74, 6) is 0.972. The highest BCUT2D eigenvalue weighted by atomic mass is 16.7. The Labute approximate surface area is 315 Å². The highest BCUT2D eigenvalue weighted by molar-refractivity contribution is 5.76. The van der Waals surface area contributed by atoms with Crippen LogP contribution in [-0.2, 0) is 20.7 Å². The van der Waals surface area contributed by atoms with Gasteiger partial charge in [-0.3, -0.25) is 4.79 Å². The van der Waals surface area contributed by atoms with Crippen molar-refractivity contribution in [2.45, 2.75) is 198 Å². The summed E-state index contributed by atoms with van der Waals surface area (Å²) in [5.41, 5.74) is 1.34. The predicted molar refractivity (Wildman–Crippen MR) is 206 cm³/mol. The van der Waals surface area contributed by atoms with E-state index in [1.54, 1.807) is 7.11 Å². The van der Waals surface area contributed by atoms with Crippen molar-refractivity contribution in [3.05, 3.63) is 29.8 Å². The Morgan fingerprint density at radius 3 is 1.92 bits per heavy atom. The predicted octanol–water partition coefficient (Wildman–Crippen LogP) is 6.75. The molecule has 10 heteroatoms. The van der Waals surface area contributed by atoms with Gasteiger partial charge in [-0.2, -0.15) is 0 Å². The highest BCUT2D eigenvalue weighted by Crippen LogP contribution is 2.24. The fraction of sp³-hybridized carbons (Fsp3) is 0.833. The Bertz CT molecular complexity index is 1010. The number of hydrogen-bond donors (Lipinski definition) is 6.